The zero-order chi connectivity index (χ0) is 18.2. The molecule has 0 aliphatic heterocycles. The van der Waals surface area contributed by atoms with Crippen LogP contribution in [0, 0.1) is 0 Å². The summed E-state index contributed by atoms with van der Waals surface area (Å²) < 4.78 is 4.16. The van der Waals surface area contributed by atoms with Gasteiger partial charge in [-0.05, 0) is 29.8 Å². The monoisotopic (exact) mass is 372 g/mol. The molecule has 5 rings (SSSR count). The number of rotatable bonds is 4. The molecule has 0 radical (unpaired) electrons. The van der Waals surface area contributed by atoms with E-state index in [4.69, 9.17) is 11.6 Å². The second-order valence-electron chi connectivity index (χ2n) is 6.66. The van der Waals surface area contributed by atoms with Gasteiger partial charge in [-0.15, -0.1) is 5.10 Å². The third kappa shape index (κ3) is 2.98. The van der Waals surface area contributed by atoms with Crippen LogP contribution < -0.4 is 0 Å². The molecule has 0 unspecified atom stereocenters. The molecule has 5 aromatic rings. The normalized spacial score (nSPS) is 11.4. The van der Waals surface area contributed by atoms with Gasteiger partial charge in [0.05, 0.1) is 19.3 Å². The number of hydrogen-bond donors (Lipinski definition) is 0. The summed E-state index contributed by atoms with van der Waals surface area (Å²) in [4.78, 5) is 0. The molecule has 0 aliphatic carbocycles. The van der Waals surface area contributed by atoms with E-state index in [0.29, 0.717) is 13.1 Å². The predicted octanol–water partition coefficient (Wildman–Crippen LogP) is 5.14. The number of benzene rings is 3. The SMILES string of the molecule is Clc1cccc(Cn2cc(Cn3c4ccccc4c4ccccc43)nn2)c1. The largest absolute Gasteiger partial charge is 0.334 e. The topological polar surface area (TPSA) is 35.6 Å². The summed E-state index contributed by atoms with van der Waals surface area (Å²) in [5, 5.41) is 11.9. The van der Waals surface area contributed by atoms with Crippen LogP contribution in [-0.2, 0) is 13.1 Å². The van der Waals surface area contributed by atoms with Crippen molar-refractivity contribution in [3.8, 4) is 0 Å². The minimum Gasteiger partial charge on any atom is -0.334 e. The van der Waals surface area contributed by atoms with E-state index in [1.165, 1.54) is 21.8 Å². The number of fused-ring (bicyclic) bond motifs is 3. The Kier molecular flexibility index (Phi) is 3.91. The average molecular weight is 373 g/mol. The third-order valence-electron chi connectivity index (χ3n) is 4.82. The fourth-order valence-electron chi connectivity index (χ4n) is 3.65. The first kappa shape index (κ1) is 16.1. The summed E-state index contributed by atoms with van der Waals surface area (Å²) in [6.07, 6.45) is 2.00. The maximum absolute atomic E-state index is 6.07. The van der Waals surface area contributed by atoms with Gasteiger partial charge >= 0.3 is 0 Å². The molecule has 5 heteroatoms. The van der Waals surface area contributed by atoms with Crippen molar-refractivity contribution in [1.29, 1.82) is 0 Å². The standard InChI is InChI=1S/C22H17ClN4/c23-17-7-5-6-16(12-17)13-26-14-18(24-25-26)15-27-21-10-3-1-8-19(21)20-9-2-4-11-22(20)27/h1-12,14H,13,15H2. The van der Waals surface area contributed by atoms with Crippen molar-refractivity contribution in [3.63, 3.8) is 0 Å². The van der Waals surface area contributed by atoms with Gasteiger partial charge in [0.15, 0.2) is 0 Å². The van der Waals surface area contributed by atoms with Gasteiger partial charge in [0.25, 0.3) is 0 Å². The number of halogens is 1. The quantitative estimate of drug-likeness (QED) is 0.438. The molecule has 3 aromatic carbocycles. The Bertz CT molecular complexity index is 1200. The predicted molar refractivity (Wildman–Crippen MR) is 109 cm³/mol. The third-order valence-corrected chi connectivity index (χ3v) is 5.05. The summed E-state index contributed by atoms with van der Waals surface area (Å²) in [5.41, 5.74) is 4.46. The summed E-state index contributed by atoms with van der Waals surface area (Å²) in [5.74, 6) is 0. The van der Waals surface area contributed by atoms with Crippen molar-refractivity contribution in [3.05, 3.63) is 95.3 Å². The van der Waals surface area contributed by atoms with Gasteiger partial charge in [-0.3, -0.25) is 0 Å². The summed E-state index contributed by atoms with van der Waals surface area (Å²) >= 11 is 6.07. The highest BCUT2D eigenvalue weighted by Gasteiger charge is 2.11. The van der Waals surface area contributed by atoms with E-state index in [1.807, 2.05) is 35.1 Å². The summed E-state index contributed by atoms with van der Waals surface area (Å²) in [7, 11) is 0. The van der Waals surface area contributed by atoms with E-state index in [-0.39, 0.29) is 0 Å². The first-order valence-corrected chi connectivity index (χ1v) is 9.25. The molecule has 0 saturated carbocycles. The van der Waals surface area contributed by atoms with E-state index < -0.39 is 0 Å². The summed E-state index contributed by atoms with van der Waals surface area (Å²) in [6.45, 7) is 1.34. The molecular weight excluding hydrogens is 356 g/mol. The molecule has 4 nitrogen and oxygen atoms in total. The van der Waals surface area contributed by atoms with Crippen LogP contribution >= 0.6 is 11.6 Å². The van der Waals surface area contributed by atoms with Gasteiger partial charge in [-0.2, -0.15) is 0 Å². The fourth-order valence-corrected chi connectivity index (χ4v) is 3.86. The van der Waals surface area contributed by atoms with Gasteiger partial charge in [-0.1, -0.05) is 65.3 Å². The van der Waals surface area contributed by atoms with Crippen molar-refractivity contribution >= 4 is 33.4 Å². The first-order chi connectivity index (χ1) is 13.3. The molecule has 27 heavy (non-hydrogen) atoms. The Morgan fingerprint density at radius 1 is 0.778 bits per heavy atom. The minimum atomic E-state index is 0.654. The van der Waals surface area contributed by atoms with E-state index >= 15 is 0 Å². The highest BCUT2D eigenvalue weighted by Crippen LogP contribution is 2.29. The van der Waals surface area contributed by atoms with Crippen molar-refractivity contribution in [1.82, 2.24) is 19.6 Å². The molecule has 0 aliphatic rings. The molecule has 0 N–H and O–H groups in total. The van der Waals surface area contributed by atoms with Crippen LogP contribution in [0.3, 0.4) is 0 Å². The Hall–Kier alpha value is -3.11. The number of para-hydroxylation sites is 2. The second-order valence-corrected chi connectivity index (χ2v) is 7.09. The van der Waals surface area contributed by atoms with Gasteiger partial charge in [0.2, 0.25) is 0 Å². The Morgan fingerprint density at radius 3 is 2.19 bits per heavy atom. The van der Waals surface area contributed by atoms with Gasteiger partial charge in [0.1, 0.15) is 5.69 Å². The van der Waals surface area contributed by atoms with Crippen LogP contribution in [0.15, 0.2) is 79.0 Å². The van der Waals surface area contributed by atoms with Crippen molar-refractivity contribution < 1.29 is 0 Å². The van der Waals surface area contributed by atoms with E-state index in [9.17, 15) is 0 Å². The average Bonchev–Trinajstić information content (AvgIpc) is 3.25. The lowest BCUT2D eigenvalue weighted by Crippen LogP contribution is -2.00. The molecule has 0 spiro atoms. The van der Waals surface area contributed by atoms with Crippen LogP contribution in [0.1, 0.15) is 11.3 Å². The molecule has 132 valence electrons. The molecule has 0 amide bonds. The molecule has 0 atom stereocenters. The zero-order valence-corrected chi connectivity index (χ0v) is 15.3. The lowest BCUT2D eigenvalue weighted by atomic mass is 10.2. The van der Waals surface area contributed by atoms with Crippen LogP contribution in [0.4, 0.5) is 0 Å². The van der Waals surface area contributed by atoms with Crippen molar-refractivity contribution in [2.24, 2.45) is 0 Å². The molecule has 2 aromatic heterocycles. The highest BCUT2D eigenvalue weighted by atomic mass is 35.5. The van der Waals surface area contributed by atoms with Crippen LogP contribution in [-0.4, -0.2) is 19.6 Å². The van der Waals surface area contributed by atoms with E-state index in [0.717, 1.165) is 16.3 Å². The lowest BCUT2D eigenvalue weighted by molar-refractivity contribution is 0.649. The van der Waals surface area contributed by atoms with Gasteiger partial charge in [-0.25, -0.2) is 4.68 Å². The number of hydrogen-bond acceptors (Lipinski definition) is 2. The molecule has 0 bridgehead atoms. The summed E-state index contributed by atoms with van der Waals surface area (Å²) in [6, 6.07) is 24.8. The molecule has 0 saturated heterocycles. The van der Waals surface area contributed by atoms with Crippen LogP contribution in [0.5, 0.6) is 0 Å². The number of aromatic nitrogens is 4. The Balaban J connectivity index is 1.50. The zero-order valence-electron chi connectivity index (χ0n) is 14.6. The smallest absolute Gasteiger partial charge is 0.102 e. The Morgan fingerprint density at radius 2 is 1.48 bits per heavy atom. The van der Waals surface area contributed by atoms with E-state index in [1.54, 1.807) is 0 Å². The van der Waals surface area contributed by atoms with Crippen molar-refractivity contribution in [2.75, 3.05) is 0 Å². The maximum Gasteiger partial charge on any atom is 0.102 e. The molecular formula is C22H17ClN4. The highest BCUT2D eigenvalue weighted by molar-refractivity contribution is 6.30. The van der Waals surface area contributed by atoms with Gasteiger partial charge in [0, 0.05) is 26.8 Å². The van der Waals surface area contributed by atoms with Crippen LogP contribution in [0.25, 0.3) is 21.8 Å². The molecule has 2 heterocycles. The van der Waals surface area contributed by atoms with Crippen LogP contribution in [0.2, 0.25) is 5.02 Å². The van der Waals surface area contributed by atoms with E-state index in [2.05, 4.69) is 63.4 Å². The Labute approximate surface area is 161 Å². The number of nitrogens with zero attached hydrogens (tertiary/aromatic N) is 4. The van der Waals surface area contributed by atoms with Crippen molar-refractivity contribution in [2.45, 2.75) is 13.1 Å². The lowest BCUT2D eigenvalue weighted by Gasteiger charge is -2.04. The minimum absolute atomic E-state index is 0.654. The van der Waals surface area contributed by atoms with Gasteiger partial charge < -0.3 is 4.57 Å². The maximum atomic E-state index is 6.07. The first-order valence-electron chi connectivity index (χ1n) is 8.87. The molecule has 0 fully saturated rings. The second kappa shape index (κ2) is 6.56. The fraction of sp³-hybridized carbons (Fsp3) is 0.0909.